The molecule has 8 heteroatoms. The molecule has 0 saturated heterocycles. The Morgan fingerprint density at radius 3 is 2.26 bits per heavy atom. The van der Waals surface area contributed by atoms with Gasteiger partial charge in [-0.15, -0.1) is 11.3 Å². The lowest BCUT2D eigenvalue weighted by Gasteiger charge is -2.44. The Morgan fingerprint density at radius 2 is 1.81 bits per heavy atom. The van der Waals surface area contributed by atoms with Gasteiger partial charge < -0.3 is 14.1 Å². The summed E-state index contributed by atoms with van der Waals surface area (Å²) >= 11 is 1.57. The second-order valence-corrected chi connectivity index (χ2v) is 16.5. The minimum absolute atomic E-state index is 0.0126. The van der Waals surface area contributed by atoms with Crippen LogP contribution in [0.25, 0.3) is 6.08 Å². The third-order valence-electron chi connectivity index (χ3n) is 5.90. The standard InChI is InChI=1S/C23H38N2O4SSi/c1-12-15-14-30-19-16(29-31(10,11)23(5,6)7)13-25(21(27)28-22(2,3)4)18(17(15)19)20(26)24(8)9/h12,14,16,18H,1,13H2,2-11H3. The highest BCUT2D eigenvalue weighted by Crippen LogP contribution is 2.47. The Kier molecular flexibility index (Phi) is 7.20. The Morgan fingerprint density at radius 1 is 1.23 bits per heavy atom. The van der Waals surface area contributed by atoms with Crippen LogP contribution in [-0.2, 0) is 14.0 Å². The molecule has 0 saturated carbocycles. The summed E-state index contributed by atoms with van der Waals surface area (Å²) < 4.78 is 12.5. The van der Waals surface area contributed by atoms with Gasteiger partial charge in [-0.2, -0.15) is 0 Å². The van der Waals surface area contributed by atoms with E-state index in [1.165, 1.54) is 9.80 Å². The molecule has 31 heavy (non-hydrogen) atoms. The topological polar surface area (TPSA) is 59.1 Å². The van der Waals surface area contributed by atoms with Crippen molar-refractivity contribution in [1.82, 2.24) is 9.80 Å². The van der Waals surface area contributed by atoms with Gasteiger partial charge in [-0.3, -0.25) is 9.69 Å². The van der Waals surface area contributed by atoms with Gasteiger partial charge in [0.15, 0.2) is 8.32 Å². The molecule has 2 heterocycles. The van der Waals surface area contributed by atoms with E-state index in [0.717, 1.165) is 16.0 Å². The first-order valence-corrected chi connectivity index (χ1v) is 14.4. The van der Waals surface area contributed by atoms with E-state index in [1.54, 1.807) is 31.5 Å². The maximum atomic E-state index is 13.3. The molecule has 2 rings (SSSR count). The van der Waals surface area contributed by atoms with E-state index in [9.17, 15) is 9.59 Å². The van der Waals surface area contributed by atoms with Crippen LogP contribution in [0.4, 0.5) is 4.79 Å². The van der Waals surface area contributed by atoms with Crippen LogP contribution < -0.4 is 0 Å². The molecule has 1 aromatic rings. The number of hydrogen-bond donors (Lipinski definition) is 0. The number of hydrogen-bond acceptors (Lipinski definition) is 5. The minimum atomic E-state index is -2.14. The molecule has 174 valence electrons. The minimum Gasteiger partial charge on any atom is -0.444 e. The summed E-state index contributed by atoms with van der Waals surface area (Å²) in [7, 11) is 1.27. The summed E-state index contributed by atoms with van der Waals surface area (Å²) in [4.78, 5) is 30.6. The maximum Gasteiger partial charge on any atom is 0.411 e. The van der Waals surface area contributed by atoms with Crippen molar-refractivity contribution in [1.29, 1.82) is 0 Å². The molecule has 1 aliphatic rings. The molecule has 2 amide bonds. The second kappa shape index (κ2) is 8.71. The van der Waals surface area contributed by atoms with Gasteiger partial charge in [-0.25, -0.2) is 4.79 Å². The number of likely N-dealkylation sites (N-methyl/N-ethyl adjacent to an activating group) is 1. The highest BCUT2D eigenvalue weighted by atomic mass is 32.1. The summed E-state index contributed by atoms with van der Waals surface area (Å²) in [6, 6.07) is -0.765. The van der Waals surface area contributed by atoms with Crippen molar-refractivity contribution in [2.75, 3.05) is 20.6 Å². The molecule has 0 aromatic carbocycles. The van der Waals surface area contributed by atoms with Gasteiger partial charge in [0.2, 0.25) is 5.91 Å². The molecule has 2 atom stereocenters. The van der Waals surface area contributed by atoms with Crippen LogP contribution in [0, 0.1) is 0 Å². The van der Waals surface area contributed by atoms with E-state index in [0.29, 0.717) is 0 Å². The summed E-state index contributed by atoms with van der Waals surface area (Å²) in [5, 5.41) is 2.01. The molecule has 1 aromatic heterocycles. The zero-order valence-electron chi connectivity index (χ0n) is 20.7. The zero-order chi connectivity index (χ0) is 23.9. The Hall–Kier alpha value is -1.64. The molecule has 1 aliphatic heterocycles. The van der Waals surface area contributed by atoms with Crippen molar-refractivity contribution >= 4 is 37.7 Å². The number of ether oxygens (including phenoxy) is 1. The average Bonchev–Trinajstić information content (AvgIpc) is 3.02. The van der Waals surface area contributed by atoms with Gasteiger partial charge in [0.1, 0.15) is 11.6 Å². The SMILES string of the molecule is C=Cc1csc2c1C(C(=O)N(C)C)N(C(=O)OC(C)(C)C)CC2O[Si](C)(C)C(C)(C)C. The number of thiophene rings is 1. The first-order valence-electron chi connectivity index (χ1n) is 10.6. The highest BCUT2D eigenvalue weighted by molar-refractivity contribution is 7.10. The number of carbonyl (C=O) groups is 2. The average molecular weight is 467 g/mol. The lowest BCUT2D eigenvalue weighted by molar-refractivity contribution is -0.135. The molecule has 0 radical (unpaired) electrons. The Labute approximate surface area is 192 Å². The van der Waals surface area contributed by atoms with Crippen LogP contribution in [0.5, 0.6) is 0 Å². The summed E-state index contributed by atoms with van der Waals surface area (Å²) in [6.45, 7) is 20.7. The predicted molar refractivity (Wildman–Crippen MR) is 130 cm³/mol. The van der Waals surface area contributed by atoms with Crippen LogP contribution in [0.2, 0.25) is 18.1 Å². The third-order valence-corrected chi connectivity index (χ3v) is 11.5. The molecular weight excluding hydrogens is 428 g/mol. The smallest absolute Gasteiger partial charge is 0.411 e. The first kappa shape index (κ1) is 25.6. The zero-order valence-corrected chi connectivity index (χ0v) is 22.5. The van der Waals surface area contributed by atoms with E-state index < -0.39 is 26.1 Å². The van der Waals surface area contributed by atoms with Crippen molar-refractivity contribution in [3.05, 3.63) is 28.0 Å². The van der Waals surface area contributed by atoms with Crippen molar-refractivity contribution < 1.29 is 18.8 Å². The molecule has 0 aliphatic carbocycles. The largest absolute Gasteiger partial charge is 0.444 e. The van der Waals surface area contributed by atoms with Crippen LogP contribution in [0.15, 0.2) is 12.0 Å². The quantitative estimate of drug-likeness (QED) is 0.524. The Balaban J connectivity index is 2.63. The van der Waals surface area contributed by atoms with Crippen molar-refractivity contribution in [2.45, 2.75) is 77.4 Å². The van der Waals surface area contributed by atoms with Crippen LogP contribution in [0.1, 0.15) is 69.7 Å². The van der Waals surface area contributed by atoms with E-state index in [4.69, 9.17) is 9.16 Å². The van der Waals surface area contributed by atoms with Gasteiger partial charge in [0.25, 0.3) is 0 Å². The number of carbonyl (C=O) groups excluding carboxylic acids is 2. The second-order valence-electron chi connectivity index (χ2n) is 10.8. The van der Waals surface area contributed by atoms with E-state index in [2.05, 4.69) is 40.4 Å². The molecule has 0 bridgehead atoms. The monoisotopic (exact) mass is 466 g/mol. The van der Waals surface area contributed by atoms with Gasteiger partial charge in [0, 0.05) is 24.5 Å². The van der Waals surface area contributed by atoms with E-state index >= 15 is 0 Å². The normalized spacial score (nSPS) is 19.6. The lowest BCUT2D eigenvalue weighted by Crippen LogP contribution is -2.52. The fourth-order valence-corrected chi connectivity index (χ4v) is 5.69. The first-order chi connectivity index (χ1) is 14.0. The van der Waals surface area contributed by atoms with Crippen LogP contribution in [-0.4, -0.2) is 56.4 Å². The predicted octanol–water partition coefficient (Wildman–Crippen LogP) is 5.83. The van der Waals surface area contributed by atoms with Crippen molar-refractivity contribution in [3.8, 4) is 0 Å². The molecular formula is C23H38N2O4SSi. The molecule has 2 unspecified atom stereocenters. The fourth-order valence-electron chi connectivity index (χ4n) is 3.24. The number of fused-ring (bicyclic) bond motifs is 1. The highest BCUT2D eigenvalue weighted by Gasteiger charge is 2.47. The van der Waals surface area contributed by atoms with Gasteiger partial charge >= 0.3 is 6.09 Å². The molecule has 0 fully saturated rings. The van der Waals surface area contributed by atoms with Crippen LogP contribution >= 0.6 is 11.3 Å². The lowest BCUT2D eigenvalue weighted by atomic mass is 9.93. The van der Waals surface area contributed by atoms with Crippen LogP contribution in [0.3, 0.4) is 0 Å². The summed E-state index contributed by atoms with van der Waals surface area (Å²) in [5.41, 5.74) is 0.992. The molecule has 0 N–H and O–H groups in total. The molecule has 0 spiro atoms. The van der Waals surface area contributed by atoms with E-state index in [1.807, 2.05) is 26.2 Å². The number of rotatable bonds is 4. The van der Waals surface area contributed by atoms with Crippen molar-refractivity contribution in [2.24, 2.45) is 0 Å². The molecule has 6 nitrogen and oxygen atoms in total. The number of amides is 2. The summed E-state index contributed by atoms with van der Waals surface area (Å²) in [5.74, 6) is -0.167. The third kappa shape index (κ3) is 5.41. The van der Waals surface area contributed by atoms with Gasteiger partial charge in [-0.05, 0) is 49.8 Å². The van der Waals surface area contributed by atoms with E-state index in [-0.39, 0.29) is 23.6 Å². The Bertz CT molecular complexity index is 849. The van der Waals surface area contributed by atoms with Gasteiger partial charge in [0.05, 0.1) is 12.6 Å². The fraction of sp³-hybridized carbons (Fsp3) is 0.652. The number of nitrogens with zero attached hydrogens (tertiary/aromatic N) is 2. The maximum absolute atomic E-state index is 13.3. The van der Waals surface area contributed by atoms with Gasteiger partial charge in [-0.1, -0.05) is 33.4 Å². The van der Waals surface area contributed by atoms with Crippen molar-refractivity contribution in [3.63, 3.8) is 0 Å². The summed E-state index contributed by atoms with van der Waals surface area (Å²) in [6.07, 6.45) is 0.921.